The summed E-state index contributed by atoms with van der Waals surface area (Å²) in [5.41, 5.74) is 0. The molecule has 0 unspecified atom stereocenters. The Morgan fingerprint density at radius 1 is 1.18 bits per heavy atom. The summed E-state index contributed by atoms with van der Waals surface area (Å²) in [6.07, 6.45) is 1.75. The summed E-state index contributed by atoms with van der Waals surface area (Å²) < 4.78 is 19.2. The third-order valence-electron chi connectivity index (χ3n) is 0.789. The summed E-state index contributed by atoms with van der Waals surface area (Å²) in [4.78, 5) is 21.6. The van der Waals surface area contributed by atoms with E-state index in [9.17, 15) is 4.57 Å². The van der Waals surface area contributed by atoms with Crippen LogP contribution in [0.4, 0.5) is 0 Å². The van der Waals surface area contributed by atoms with Crippen LogP contribution in [0.15, 0.2) is 0 Å². The molecule has 0 spiro atoms. The van der Waals surface area contributed by atoms with Crippen LogP contribution >= 0.6 is 15.6 Å². The lowest BCUT2D eigenvalue weighted by Gasteiger charge is -1.83. The summed E-state index contributed by atoms with van der Waals surface area (Å²) in [5, 5.41) is 0. The largest absolute Gasteiger partial charge is 0.466 e. The van der Waals surface area contributed by atoms with Crippen molar-refractivity contribution < 1.29 is 23.8 Å². The Kier molecular flexibility index (Phi) is 8.86. The molecule has 0 atom stereocenters. The van der Waals surface area contributed by atoms with Crippen molar-refractivity contribution in [3.8, 4) is 0 Å². The lowest BCUT2D eigenvalue weighted by atomic mass is 11.0. The van der Waals surface area contributed by atoms with Gasteiger partial charge in [0.25, 0.3) is 0 Å². The quantitative estimate of drug-likeness (QED) is 0.574. The molecule has 0 rings (SSSR count). The summed E-state index contributed by atoms with van der Waals surface area (Å²) in [5.74, 6) is 0. The number of rotatable bonds is 2. The van der Waals surface area contributed by atoms with Gasteiger partial charge in [0, 0.05) is 0 Å². The Bertz CT molecular complexity index is 136. The molecule has 3 N–H and O–H groups in total. The number of hydrogen-bond donors (Lipinski definition) is 3. The molecule has 0 aliphatic heterocycles. The van der Waals surface area contributed by atoms with Gasteiger partial charge in [0.05, 0.1) is 7.80 Å². The van der Waals surface area contributed by atoms with Crippen LogP contribution < -0.4 is 0 Å². The monoisotopic (exact) mass is 204 g/mol. The van der Waals surface area contributed by atoms with Crippen LogP contribution in [-0.4, -0.2) is 27.0 Å². The van der Waals surface area contributed by atoms with Crippen LogP contribution in [0.3, 0.4) is 0 Å². The molecule has 0 aromatic heterocycles. The van der Waals surface area contributed by atoms with Crippen LogP contribution in [0.1, 0.15) is 13.8 Å². The van der Waals surface area contributed by atoms with Gasteiger partial charge in [-0.05, 0) is 12.3 Å². The molecular weight excluding hydrogens is 190 g/mol. The van der Waals surface area contributed by atoms with E-state index in [0.29, 0.717) is 0 Å². The maximum Gasteiger partial charge on any atom is 0.466 e. The van der Waals surface area contributed by atoms with Crippen molar-refractivity contribution in [2.45, 2.75) is 13.8 Å². The van der Waals surface area contributed by atoms with Gasteiger partial charge in [-0.1, -0.05) is 13.8 Å². The summed E-state index contributed by atoms with van der Waals surface area (Å²) in [6, 6.07) is 0. The van der Waals surface area contributed by atoms with E-state index in [4.69, 9.17) is 19.2 Å². The van der Waals surface area contributed by atoms with Gasteiger partial charge >= 0.3 is 7.82 Å². The fraction of sp³-hybridized carbons (Fsp3) is 1.00. The molecule has 0 aliphatic carbocycles. The van der Waals surface area contributed by atoms with E-state index in [1.807, 2.05) is 13.8 Å². The van der Waals surface area contributed by atoms with Crippen LogP contribution in [0.2, 0.25) is 0 Å². The van der Waals surface area contributed by atoms with E-state index in [0.717, 1.165) is 12.3 Å². The standard InChI is InChI=1S/C4H11OP.H3O4P/c1-3-6(5)4-2;1-5(2,3)4/h6H,3-4H2,1-2H3;(H3,1,2,3,4). The molecule has 0 heterocycles. The molecule has 11 heavy (non-hydrogen) atoms. The van der Waals surface area contributed by atoms with Crippen LogP contribution in [0.25, 0.3) is 0 Å². The third kappa shape index (κ3) is 38.2. The summed E-state index contributed by atoms with van der Waals surface area (Å²) >= 11 is 0. The van der Waals surface area contributed by atoms with Gasteiger partial charge in [0.2, 0.25) is 0 Å². The minimum Gasteiger partial charge on any atom is -0.327 e. The van der Waals surface area contributed by atoms with Gasteiger partial charge in [-0.15, -0.1) is 0 Å². The second-order valence-electron chi connectivity index (χ2n) is 1.76. The van der Waals surface area contributed by atoms with E-state index < -0.39 is 15.6 Å². The molecule has 0 aromatic rings. The van der Waals surface area contributed by atoms with Gasteiger partial charge in [-0.25, -0.2) is 4.57 Å². The Morgan fingerprint density at radius 3 is 1.36 bits per heavy atom. The first-order valence-electron chi connectivity index (χ1n) is 3.11. The van der Waals surface area contributed by atoms with Crippen molar-refractivity contribution in [3.05, 3.63) is 0 Å². The van der Waals surface area contributed by atoms with Gasteiger partial charge in [0.1, 0.15) is 0 Å². The van der Waals surface area contributed by atoms with Gasteiger partial charge < -0.3 is 19.2 Å². The first kappa shape index (κ1) is 13.9. The van der Waals surface area contributed by atoms with E-state index >= 15 is 0 Å². The highest BCUT2D eigenvalue weighted by Gasteiger charge is 2.00. The molecule has 0 aliphatic rings. The molecule has 5 nitrogen and oxygen atoms in total. The van der Waals surface area contributed by atoms with Gasteiger partial charge in [-0.2, -0.15) is 0 Å². The highest BCUT2D eigenvalue weighted by atomic mass is 31.2. The molecular formula is C4H14O5P2. The fourth-order valence-corrected chi connectivity index (χ4v) is 0.750. The zero-order valence-electron chi connectivity index (χ0n) is 6.52. The third-order valence-corrected chi connectivity index (χ3v) is 2.37. The first-order chi connectivity index (χ1) is 4.81. The van der Waals surface area contributed by atoms with Crippen molar-refractivity contribution in [1.29, 1.82) is 0 Å². The highest BCUT2D eigenvalue weighted by Crippen LogP contribution is 2.25. The van der Waals surface area contributed by atoms with Crippen molar-refractivity contribution in [2.75, 3.05) is 12.3 Å². The maximum absolute atomic E-state index is 10.4. The van der Waals surface area contributed by atoms with Crippen molar-refractivity contribution in [1.82, 2.24) is 0 Å². The van der Waals surface area contributed by atoms with Crippen molar-refractivity contribution >= 4 is 15.6 Å². The Labute approximate surface area is 66.5 Å². The SMILES string of the molecule is CC[PH](=O)CC.O=P(O)(O)O. The lowest BCUT2D eigenvalue weighted by molar-refractivity contribution is 0.275. The van der Waals surface area contributed by atoms with Crippen LogP contribution in [0, 0.1) is 0 Å². The van der Waals surface area contributed by atoms with Crippen molar-refractivity contribution in [3.63, 3.8) is 0 Å². The zero-order valence-corrected chi connectivity index (χ0v) is 8.41. The summed E-state index contributed by atoms with van der Waals surface area (Å²) in [6.45, 7) is 3.93. The average Bonchev–Trinajstić information content (AvgIpc) is 1.83. The molecule has 0 aromatic carbocycles. The smallest absolute Gasteiger partial charge is 0.327 e. The molecule has 0 amide bonds. The molecule has 0 saturated carbocycles. The maximum atomic E-state index is 10.4. The predicted molar refractivity (Wildman–Crippen MR) is 44.3 cm³/mol. The topological polar surface area (TPSA) is 94.8 Å². The predicted octanol–water partition coefficient (Wildman–Crippen LogP) is 0.657. The molecule has 0 fully saturated rings. The van der Waals surface area contributed by atoms with Gasteiger partial charge in [0.15, 0.2) is 0 Å². The van der Waals surface area contributed by atoms with Crippen LogP contribution in [0.5, 0.6) is 0 Å². The number of hydrogen-bond acceptors (Lipinski definition) is 2. The highest BCUT2D eigenvalue weighted by molar-refractivity contribution is 7.45. The fourth-order valence-electron chi connectivity index (χ4n) is 0.250. The normalized spacial score (nSPS) is 10.7. The second-order valence-corrected chi connectivity index (χ2v) is 5.28. The van der Waals surface area contributed by atoms with E-state index in [2.05, 4.69) is 0 Å². The van der Waals surface area contributed by atoms with Crippen molar-refractivity contribution in [2.24, 2.45) is 0 Å². The summed E-state index contributed by atoms with van der Waals surface area (Å²) in [7, 11) is -5.76. The lowest BCUT2D eigenvalue weighted by Crippen LogP contribution is -1.66. The van der Waals surface area contributed by atoms with E-state index in [1.54, 1.807) is 0 Å². The van der Waals surface area contributed by atoms with Crippen LogP contribution in [-0.2, 0) is 9.13 Å². The second kappa shape index (κ2) is 7.01. The van der Waals surface area contributed by atoms with E-state index in [-0.39, 0.29) is 0 Å². The Hall–Kier alpha value is 0.340. The average molecular weight is 204 g/mol. The molecule has 0 bridgehead atoms. The minimum atomic E-state index is -4.64. The molecule has 0 saturated heterocycles. The molecule has 70 valence electrons. The molecule has 7 heteroatoms. The molecule has 0 radical (unpaired) electrons. The zero-order chi connectivity index (χ0) is 9.49. The minimum absolute atomic E-state index is 0.876. The first-order valence-corrected chi connectivity index (χ1v) is 6.50. The van der Waals surface area contributed by atoms with E-state index in [1.165, 1.54) is 0 Å². The number of phosphoric acid groups is 1. The Morgan fingerprint density at radius 2 is 1.36 bits per heavy atom. The van der Waals surface area contributed by atoms with Gasteiger partial charge in [-0.3, -0.25) is 0 Å². The Balaban J connectivity index is 0.